The highest BCUT2D eigenvalue weighted by Gasteiger charge is 2.35. The number of nitrogens with zero attached hydrogens (tertiary/aromatic N) is 2. The molecule has 0 aromatic heterocycles. The molecule has 1 aromatic carbocycles. The van der Waals surface area contributed by atoms with Gasteiger partial charge in [0.05, 0.1) is 18.6 Å². The van der Waals surface area contributed by atoms with E-state index in [1.54, 1.807) is 11.9 Å². The molecule has 2 aliphatic rings. The lowest BCUT2D eigenvalue weighted by molar-refractivity contribution is -0.139. The zero-order chi connectivity index (χ0) is 20.5. The molecule has 5 nitrogen and oxygen atoms in total. The number of amides is 1. The Labute approximate surface area is 160 Å². The molecule has 0 bridgehead atoms. The van der Waals surface area contributed by atoms with Crippen LogP contribution in [0.25, 0.3) is 0 Å². The Bertz CT molecular complexity index is 747. The standard InChI is InChI=1S/C19H22F4N2O3/c1-24(8-13-3-4-14(7-16(13)20)19(21,22)23)15-9-25(10-15)17(26)5-2-12-6-18(27)28-11-12/h3-4,7,12,15H,2,5-6,8-11H2,1H3/t12-/m0/s1. The zero-order valence-electron chi connectivity index (χ0n) is 15.5. The van der Waals surface area contributed by atoms with Crippen LogP contribution in [0.2, 0.25) is 0 Å². The van der Waals surface area contributed by atoms with Crippen LogP contribution in [0.15, 0.2) is 18.2 Å². The predicted molar refractivity (Wildman–Crippen MR) is 91.5 cm³/mol. The normalized spacial score (nSPS) is 20.4. The first-order chi connectivity index (χ1) is 13.1. The van der Waals surface area contributed by atoms with Gasteiger partial charge in [-0.1, -0.05) is 6.07 Å². The molecule has 2 aliphatic heterocycles. The van der Waals surface area contributed by atoms with Gasteiger partial charge in [-0.05, 0) is 25.6 Å². The van der Waals surface area contributed by atoms with Gasteiger partial charge in [0.15, 0.2) is 0 Å². The van der Waals surface area contributed by atoms with Crippen LogP contribution in [0.5, 0.6) is 0 Å². The quantitative estimate of drug-likeness (QED) is 0.543. The van der Waals surface area contributed by atoms with Gasteiger partial charge in [0, 0.05) is 43.6 Å². The van der Waals surface area contributed by atoms with E-state index in [0.717, 1.165) is 12.1 Å². The van der Waals surface area contributed by atoms with Crippen LogP contribution in [-0.4, -0.2) is 54.5 Å². The number of carbonyl (C=O) groups excluding carboxylic acids is 2. The van der Waals surface area contributed by atoms with Crippen LogP contribution in [0, 0.1) is 11.7 Å². The Morgan fingerprint density at radius 1 is 1.32 bits per heavy atom. The molecule has 2 heterocycles. The summed E-state index contributed by atoms with van der Waals surface area (Å²) in [5.41, 5.74) is -0.822. The first-order valence-electron chi connectivity index (χ1n) is 9.12. The highest BCUT2D eigenvalue weighted by Crippen LogP contribution is 2.30. The molecule has 154 valence electrons. The summed E-state index contributed by atoms with van der Waals surface area (Å²) >= 11 is 0. The molecule has 0 unspecified atom stereocenters. The van der Waals surface area contributed by atoms with E-state index in [2.05, 4.69) is 0 Å². The van der Waals surface area contributed by atoms with Crippen LogP contribution in [0.1, 0.15) is 30.4 Å². The van der Waals surface area contributed by atoms with E-state index in [1.807, 2.05) is 4.90 Å². The number of cyclic esters (lactones) is 1. The van der Waals surface area contributed by atoms with Gasteiger partial charge in [-0.3, -0.25) is 14.5 Å². The zero-order valence-corrected chi connectivity index (χ0v) is 15.5. The number of benzene rings is 1. The molecule has 0 N–H and O–H groups in total. The largest absolute Gasteiger partial charge is 0.465 e. The number of hydrogen-bond donors (Lipinski definition) is 0. The second-order valence-corrected chi connectivity index (χ2v) is 7.46. The minimum atomic E-state index is -4.57. The minimum absolute atomic E-state index is 0.00436. The third-order valence-corrected chi connectivity index (χ3v) is 5.34. The molecule has 1 aromatic rings. The topological polar surface area (TPSA) is 49.9 Å². The highest BCUT2D eigenvalue weighted by atomic mass is 19.4. The van der Waals surface area contributed by atoms with E-state index < -0.39 is 17.6 Å². The summed E-state index contributed by atoms with van der Waals surface area (Å²) in [5.74, 6) is -1.01. The van der Waals surface area contributed by atoms with Crippen molar-refractivity contribution in [3.63, 3.8) is 0 Å². The van der Waals surface area contributed by atoms with Crippen LogP contribution in [0.3, 0.4) is 0 Å². The van der Waals surface area contributed by atoms with Gasteiger partial charge in [-0.2, -0.15) is 13.2 Å². The third-order valence-electron chi connectivity index (χ3n) is 5.34. The van der Waals surface area contributed by atoms with Crippen LogP contribution < -0.4 is 0 Å². The van der Waals surface area contributed by atoms with Crippen molar-refractivity contribution in [2.45, 2.75) is 38.0 Å². The molecule has 1 amide bonds. The molecule has 0 saturated carbocycles. The van der Waals surface area contributed by atoms with E-state index in [-0.39, 0.29) is 35.9 Å². The van der Waals surface area contributed by atoms with Crippen LogP contribution >= 0.6 is 0 Å². The maximum absolute atomic E-state index is 14.0. The summed E-state index contributed by atoms with van der Waals surface area (Å²) < 4.78 is 56.7. The number of carbonyl (C=O) groups is 2. The average Bonchev–Trinajstić information content (AvgIpc) is 2.98. The first-order valence-corrected chi connectivity index (χ1v) is 9.12. The molecular weight excluding hydrogens is 380 g/mol. The molecule has 0 spiro atoms. The van der Waals surface area contributed by atoms with E-state index >= 15 is 0 Å². The van der Waals surface area contributed by atoms with Gasteiger partial charge in [-0.25, -0.2) is 4.39 Å². The van der Waals surface area contributed by atoms with E-state index in [0.29, 0.717) is 45.0 Å². The second-order valence-electron chi connectivity index (χ2n) is 7.46. The first kappa shape index (κ1) is 20.6. The monoisotopic (exact) mass is 402 g/mol. The van der Waals surface area contributed by atoms with Crippen molar-refractivity contribution in [3.8, 4) is 0 Å². The lowest BCUT2D eigenvalue weighted by atomic mass is 10.00. The number of likely N-dealkylation sites (N-methyl/N-ethyl adjacent to an activating group) is 1. The number of esters is 1. The molecule has 2 fully saturated rings. The Morgan fingerprint density at radius 3 is 2.61 bits per heavy atom. The summed E-state index contributed by atoms with van der Waals surface area (Å²) in [6, 6.07) is 2.57. The number of likely N-dealkylation sites (tertiary alicyclic amines) is 1. The predicted octanol–water partition coefficient (Wildman–Crippen LogP) is 2.83. The lowest BCUT2D eigenvalue weighted by Crippen LogP contribution is -2.59. The molecule has 0 aliphatic carbocycles. The van der Waals surface area contributed by atoms with Crippen molar-refractivity contribution in [1.29, 1.82) is 0 Å². The highest BCUT2D eigenvalue weighted by molar-refractivity contribution is 5.77. The summed E-state index contributed by atoms with van der Waals surface area (Å²) in [5, 5.41) is 0. The van der Waals surface area contributed by atoms with E-state index in [1.165, 1.54) is 0 Å². The molecule has 28 heavy (non-hydrogen) atoms. The molecule has 3 rings (SSSR count). The van der Waals surface area contributed by atoms with Crippen molar-refractivity contribution in [2.75, 3.05) is 26.7 Å². The average molecular weight is 402 g/mol. The van der Waals surface area contributed by atoms with Gasteiger partial charge in [-0.15, -0.1) is 0 Å². The smallest absolute Gasteiger partial charge is 0.416 e. The Balaban J connectivity index is 1.44. The summed E-state index contributed by atoms with van der Waals surface area (Å²) in [6.45, 7) is 1.53. The maximum Gasteiger partial charge on any atom is 0.416 e. The van der Waals surface area contributed by atoms with Gasteiger partial charge >= 0.3 is 12.1 Å². The molecule has 9 heteroatoms. The second kappa shape index (κ2) is 8.06. The third kappa shape index (κ3) is 4.81. The van der Waals surface area contributed by atoms with Crippen molar-refractivity contribution in [3.05, 3.63) is 35.1 Å². The molecular formula is C19H22F4N2O3. The number of ether oxygens (including phenoxy) is 1. The fraction of sp³-hybridized carbons (Fsp3) is 0.579. The maximum atomic E-state index is 14.0. The summed E-state index contributed by atoms with van der Waals surface area (Å²) in [7, 11) is 1.76. The lowest BCUT2D eigenvalue weighted by Gasteiger charge is -2.44. The van der Waals surface area contributed by atoms with Crippen molar-refractivity contribution in [1.82, 2.24) is 9.80 Å². The van der Waals surface area contributed by atoms with Crippen molar-refractivity contribution >= 4 is 11.9 Å². The molecule has 0 radical (unpaired) electrons. The SMILES string of the molecule is CN(Cc1ccc(C(F)(F)F)cc1F)C1CN(C(=O)CC[C@@H]2COC(=O)C2)C1. The number of hydrogen-bond acceptors (Lipinski definition) is 4. The molecule has 2 saturated heterocycles. The fourth-order valence-electron chi connectivity index (χ4n) is 3.42. The van der Waals surface area contributed by atoms with Crippen LogP contribution in [0.4, 0.5) is 17.6 Å². The molecule has 1 atom stereocenters. The van der Waals surface area contributed by atoms with E-state index in [9.17, 15) is 27.2 Å². The van der Waals surface area contributed by atoms with Crippen molar-refractivity contribution < 1.29 is 31.9 Å². The summed E-state index contributed by atoms with van der Waals surface area (Å²) in [6.07, 6.45) is -3.25. The van der Waals surface area contributed by atoms with Crippen LogP contribution in [-0.2, 0) is 27.0 Å². The number of rotatable bonds is 6. The van der Waals surface area contributed by atoms with Gasteiger partial charge in [0.25, 0.3) is 0 Å². The Morgan fingerprint density at radius 2 is 2.04 bits per heavy atom. The van der Waals surface area contributed by atoms with Gasteiger partial charge in [0.2, 0.25) is 5.91 Å². The van der Waals surface area contributed by atoms with Gasteiger partial charge in [0.1, 0.15) is 5.82 Å². The number of halogens is 4. The summed E-state index contributed by atoms with van der Waals surface area (Å²) in [4.78, 5) is 26.8. The minimum Gasteiger partial charge on any atom is -0.465 e. The fourth-order valence-corrected chi connectivity index (χ4v) is 3.42. The number of alkyl halides is 3. The van der Waals surface area contributed by atoms with Crippen molar-refractivity contribution in [2.24, 2.45) is 5.92 Å². The Kier molecular flexibility index (Phi) is 5.92. The Hall–Kier alpha value is -2.16. The van der Waals surface area contributed by atoms with Gasteiger partial charge < -0.3 is 9.64 Å². The van der Waals surface area contributed by atoms with E-state index in [4.69, 9.17) is 4.74 Å².